The molecule has 1 N–H and O–H groups in total. The standard InChI is InChI=1S/C22H24N2O5S/c1-3-14-8-10-17-18(13-14)30-21(20(17)22(26)29-4-2)23-19(25)11-9-15-6-5-7-16(12-15)24(27)28/h5-7,9,11-12,14H,3-4,8,10,13H2,1-2H3,(H,23,25)/b11-9+. The number of ether oxygens (including phenoxy) is 1. The molecular weight excluding hydrogens is 404 g/mol. The van der Waals surface area contributed by atoms with Crippen molar-refractivity contribution >= 4 is 40.0 Å². The molecule has 0 fully saturated rings. The van der Waals surface area contributed by atoms with Crippen molar-refractivity contribution < 1.29 is 19.2 Å². The van der Waals surface area contributed by atoms with Gasteiger partial charge in [0.15, 0.2) is 0 Å². The number of carbonyl (C=O) groups excluding carboxylic acids is 2. The number of carbonyl (C=O) groups is 2. The highest BCUT2D eigenvalue weighted by atomic mass is 32.1. The van der Waals surface area contributed by atoms with Gasteiger partial charge in [0.2, 0.25) is 5.91 Å². The van der Waals surface area contributed by atoms with Crippen LogP contribution in [0.15, 0.2) is 30.3 Å². The Bertz CT molecular complexity index is 995. The maximum atomic E-state index is 12.6. The first-order chi connectivity index (χ1) is 14.4. The lowest BCUT2D eigenvalue weighted by atomic mass is 9.85. The van der Waals surface area contributed by atoms with Crippen LogP contribution in [0.25, 0.3) is 6.08 Å². The highest BCUT2D eigenvalue weighted by molar-refractivity contribution is 7.17. The average molecular weight is 429 g/mol. The van der Waals surface area contributed by atoms with Crippen LogP contribution in [-0.4, -0.2) is 23.4 Å². The first-order valence-electron chi connectivity index (χ1n) is 9.98. The summed E-state index contributed by atoms with van der Waals surface area (Å²) in [5, 5.41) is 14.2. The normalized spacial score (nSPS) is 15.6. The van der Waals surface area contributed by atoms with Crippen LogP contribution in [-0.2, 0) is 22.4 Å². The van der Waals surface area contributed by atoms with Crippen LogP contribution in [0.5, 0.6) is 0 Å². The number of nitro groups is 1. The molecule has 1 atom stereocenters. The summed E-state index contributed by atoms with van der Waals surface area (Å²) in [6.07, 6.45) is 6.63. The summed E-state index contributed by atoms with van der Waals surface area (Å²) in [5.41, 5.74) is 1.95. The van der Waals surface area contributed by atoms with Gasteiger partial charge in [-0.15, -0.1) is 11.3 Å². The maximum absolute atomic E-state index is 12.6. The molecule has 158 valence electrons. The second-order valence-corrected chi connectivity index (χ2v) is 8.23. The summed E-state index contributed by atoms with van der Waals surface area (Å²) in [5.74, 6) is -0.232. The number of rotatable bonds is 7. The maximum Gasteiger partial charge on any atom is 0.341 e. The number of thiophene rings is 1. The van der Waals surface area contributed by atoms with Crippen LogP contribution in [0.4, 0.5) is 10.7 Å². The Hall–Kier alpha value is -3.00. The Morgan fingerprint density at radius 2 is 2.17 bits per heavy atom. The first-order valence-corrected chi connectivity index (χ1v) is 10.8. The lowest BCUT2D eigenvalue weighted by Gasteiger charge is -2.20. The molecule has 1 unspecified atom stereocenters. The van der Waals surface area contributed by atoms with Gasteiger partial charge in [0, 0.05) is 23.1 Å². The van der Waals surface area contributed by atoms with Crippen molar-refractivity contribution in [2.75, 3.05) is 11.9 Å². The predicted molar refractivity (Wildman–Crippen MR) is 117 cm³/mol. The zero-order valence-corrected chi connectivity index (χ0v) is 17.8. The molecule has 7 nitrogen and oxygen atoms in total. The Kier molecular flexibility index (Phi) is 6.99. The summed E-state index contributed by atoms with van der Waals surface area (Å²) in [4.78, 5) is 36.6. The molecule has 0 saturated carbocycles. The number of hydrogen-bond acceptors (Lipinski definition) is 6. The largest absolute Gasteiger partial charge is 0.462 e. The number of nitrogens with one attached hydrogen (secondary N) is 1. The average Bonchev–Trinajstić information content (AvgIpc) is 3.09. The third-order valence-corrected chi connectivity index (χ3v) is 6.34. The van der Waals surface area contributed by atoms with Gasteiger partial charge in [0.05, 0.1) is 17.1 Å². The molecule has 1 heterocycles. The Morgan fingerprint density at radius 3 is 2.87 bits per heavy atom. The lowest BCUT2D eigenvalue weighted by Crippen LogP contribution is -2.16. The molecule has 1 aromatic heterocycles. The van der Waals surface area contributed by atoms with E-state index in [-0.39, 0.29) is 12.3 Å². The zero-order valence-electron chi connectivity index (χ0n) is 17.0. The van der Waals surface area contributed by atoms with Gasteiger partial charge in [-0.1, -0.05) is 25.5 Å². The Labute approximate surface area is 178 Å². The first kappa shape index (κ1) is 21.7. The lowest BCUT2D eigenvalue weighted by molar-refractivity contribution is -0.384. The van der Waals surface area contributed by atoms with Crippen LogP contribution in [0.3, 0.4) is 0 Å². The number of esters is 1. The second kappa shape index (κ2) is 9.67. The molecule has 0 saturated heterocycles. The number of amides is 1. The summed E-state index contributed by atoms with van der Waals surface area (Å²) in [7, 11) is 0. The van der Waals surface area contributed by atoms with E-state index in [1.165, 1.54) is 35.6 Å². The van der Waals surface area contributed by atoms with Crippen molar-refractivity contribution in [3.8, 4) is 0 Å². The molecule has 30 heavy (non-hydrogen) atoms. The van der Waals surface area contributed by atoms with Crippen molar-refractivity contribution in [2.45, 2.75) is 39.5 Å². The molecule has 1 aliphatic carbocycles. The third kappa shape index (κ3) is 4.94. The van der Waals surface area contributed by atoms with Crippen molar-refractivity contribution in [2.24, 2.45) is 5.92 Å². The molecular formula is C22H24N2O5S. The number of nitrogens with zero attached hydrogens (tertiary/aromatic N) is 1. The van der Waals surface area contributed by atoms with Crippen LogP contribution in [0, 0.1) is 16.0 Å². The van der Waals surface area contributed by atoms with Gasteiger partial charge in [0.1, 0.15) is 5.00 Å². The number of nitro benzene ring substituents is 1. The second-order valence-electron chi connectivity index (χ2n) is 7.12. The Morgan fingerprint density at radius 1 is 1.37 bits per heavy atom. The summed E-state index contributed by atoms with van der Waals surface area (Å²) in [6, 6.07) is 6.02. The van der Waals surface area contributed by atoms with E-state index < -0.39 is 16.8 Å². The van der Waals surface area contributed by atoms with Crippen molar-refractivity contribution in [3.05, 3.63) is 62.0 Å². The molecule has 1 aliphatic rings. The fourth-order valence-electron chi connectivity index (χ4n) is 3.58. The van der Waals surface area contributed by atoms with Gasteiger partial charge < -0.3 is 10.1 Å². The molecule has 1 aromatic carbocycles. The topological polar surface area (TPSA) is 98.5 Å². The third-order valence-electron chi connectivity index (χ3n) is 5.17. The number of benzene rings is 1. The quantitative estimate of drug-likeness (QED) is 0.290. The van der Waals surface area contributed by atoms with Crippen LogP contribution >= 0.6 is 11.3 Å². The van der Waals surface area contributed by atoms with E-state index in [1.807, 2.05) is 0 Å². The molecule has 8 heteroatoms. The molecule has 0 radical (unpaired) electrons. The Balaban J connectivity index is 1.82. The van der Waals surface area contributed by atoms with Gasteiger partial charge in [0.25, 0.3) is 5.69 Å². The van der Waals surface area contributed by atoms with Gasteiger partial charge in [-0.25, -0.2) is 4.79 Å². The molecule has 3 rings (SSSR count). The predicted octanol–water partition coefficient (Wildman–Crippen LogP) is 5.00. The number of fused-ring (bicyclic) bond motifs is 1. The van der Waals surface area contributed by atoms with Gasteiger partial charge in [-0.05, 0) is 49.3 Å². The van der Waals surface area contributed by atoms with E-state index in [0.717, 1.165) is 36.1 Å². The van der Waals surface area contributed by atoms with Crippen molar-refractivity contribution in [3.63, 3.8) is 0 Å². The SMILES string of the molecule is CCOC(=O)c1c(NC(=O)/C=C/c2cccc([N+](=O)[O-])c2)sc2c1CCC(CC)C2. The fourth-order valence-corrected chi connectivity index (χ4v) is 4.93. The molecule has 0 bridgehead atoms. The smallest absolute Gasteiger partial charge is 0.341 e. The van der Waals surface area contributed by atoms with Gasteiger partial charge in [-0.2, -0.15) is 0 Å². The highest BCUT2D eigenvalue weighted by Crippen LogP contribution is 2.40. The van der Waals surface area contributed by atoms with E-state index >= 15 is 0 Å². The fraction of sp³-hybridized carbons (Fsp3) is 0.364. The molecule has 1 amide bonds. The van der Waals surface area contributed by atoms with Gasteiger partial charge >= 0.3 is 5.97 Å². The van der Waals surface area contributed by atoms with Crippen LogP contribution in [0.1, 0.15) is 53.1 Å². The minimum atomic E-state index is -0.483. The van der Waals surface area contributed by atoms with E-state index in [0.29, 0.717) is 22.0 Å². The summed E-state index contributed by atoms with van der Waals surface area (Å²) >= 11 is 1.44. The monoisotopic (exact) mass is 428 g/mol. The van der Waals surface area contributed by atoms with Crippen LogP contribution in [0.2, 0.25) is 0 Å². The number of non-ortho nitro benzene ring substituents is 1. The number of anilines is 1. The van der Waals surface area contributed by atoms with E-state index in [2.05, 4.69) is 12.2 Å². The molecule has 2 aromatic rings. The zero-order chi connectivity index (χ0) is 21.7. The minimum Gasteiger partial charge on any atom is -0.462 e. The summed E-state index contributed by atoms with van der Waals surface area (Å²) < 4.78 is 5.23. The molecule has 0 spiro atoms. The van der Waals surface area contributed by atoms with Crippen molar-refractivity contribution in [1.29, 1.82) is 0 Å². The van der Waals surface area contributed by atoms with Crippen LogP contribution < -0.4 is 5.32 Å². The minimum absolute atomic E-state index is 0.0430. The number of hydrogen-bond donors (Lipinski definition) is 1. The van der Waals surface area contributed by atoms with E-state index in [1.54, 1.807) is 19.1 Å². The van der Waals surface area contributed by atoms with Gasteiger partial charge in [-0.3, -0.25) is 14.9 Å². The summed E-state index contributed by atoms with van der Waals surface area (Å²) in [6.45, 7) is 4.18. The molecule has 0 aliphatic heterocycles. The van der Waals surface area contributed by atoms with Crippen molar-refractivity contribution in [1.82, 2.24) is 0 Å². The van der Waals surface area contributed by atoms with E-state index in [4.69, 9.17) is 4.74 Å². The highest BCUT2D eigenvalue weighted by Gasteiger charge is 2.29. The van der Waals surface area contributed by atoms with E-state index in [9.17, 15) is 19.7 Å².